The van der Waals surface area contributed by atoms with E-state index in [-0.39, 0.29) is 11.8 Å². The first-order chi connectivity index (χ1) is 12.2. The topological polar surface area (TPSA) is 58.6 Å². The Morgan fingerprint density at radius 2 is 1.64 bits per heavy atom. The van der Waals surface area contributed by atoms with Gasteiger partial charge in [0, 0.05) is 18.7 Å². The molecule has 5 heteroatoms. The number of carbonyl (C=O) groups is 2. The smallest absolute Gasteiger partial charge is 0.252 e. The second-order valence-corrected chi connectivity index (χ2v) is 6.08. The Balaban J connectivity index is 1.81. The van der Waals surface area contributed by atoms with E-state index < -0.39 is 6.04 Å². The molecule has 1 saturated heterocycles. The number of nitrogens with one attached hydrogen (secondary N) is 1. The molecule has 0 spiro atoms. The van der Waals surface area contributed by atoms with Gasteiger partial charge in [-0.05, 0) is 42.7 Å². The molecular formula is C20H22N2O3. The zero-order valence-electron chi connectivity index (χ0n) is 14.3. The van der Waals surface area contributed by atoms with Crippen molar-refractivity contribution in [2.45, 2.75) is 18.9 Å². The quantitative estimate of drug-likeness (QED) is 0.912. The van der Waals surface area contributed by atoms with Crippen LogP contribution in [-0.2, 0) is 4.79 Å². The Hall–Kier alpha value is -2.82. The minimum Gasteiger partial charge on any atom is -0.497 e. The molecule has 1 N–H and O–H groups in total. The minimum absolute atomic E-state index is 0.0504. The number of nitrogens with zero attached hydrogens (tertiary/aromatic N) is 1. The monoisotopic (exact) mass is 338 g/mol. The Bertz CT molecular complexity index is 722. The van der Waals surface area contributed by atoms with Crippen molar-refractivity contribution in [1.29, 1.82) is 0 Å². The van der Waals surface area contributed by atoms with Gasteiger partial charge in [-0.15, -0.1) is 0 Å². The van der Waals surface area contributed by atoms with E-state index in [4.69, 9.17) is 4.74 Å². The molecule has 130 valence electrons. The number of benzene rings is 2. The van der Waals surface area contributed by atoms with Crippen molar-refractivity contribution in [3.8, 4) is 5.75 Å². The summed E-state index contributed by atoms with van der Waals surface area (Å²) < 4.78 is 5.11. The van der Waals surface area contributed by atoms with Crippen molar-refractivity contribution < 1.29 is 14.3 Å². The summed E-state index contributed by atoms with van der Waals surface area (Å²) in [4.78, 5) is 27.4. The number of amides is 2. The van der Waals surface area contributed by atoms with E-state index in [2.05, 4.69) is 5.32 Å². The maximum atomic E-state index is 12.9. The second-order valence-electron chi connectivity index (χ2n) is 6.08. The molecule has 1 fully saturated rings. The number of hydrogen-bond donors (Lipinski definition) is 1. The Morgan fingerprint density at radius 1 is 1.00 bits per heavy atom. The predicted molar refractivity (Wildman–Crippen MR) is 95.5 cm³/mol. The van der Waals surface area contributed by atoms with Crippen molar-refractivity contribution in [3.63, 3.8) is 0 Å². The maximum absolute atomic E-state index is 12.9. The lowest BCUT2D eigenvalue weighted by Gasteiger charge is -2.24. The van der Waals surface area contributed by atoms with Crippen molar-refractivity contribution >= 4 is 11.8 Å². The lowest BCUT2D eigenvalue weighted by molar-refractivity contribution is -0.132. The minimum atomic E-state index is -0.672. The van der Waals surface area contributed by atoms with Gasteiger partial charge in [0.25, 0.3) is 5.91 Å². The van der Waals surface area contributed by atoms with Gasteiger partial charge in [-0.2, -0.15) is 0 Å². The highest BCUT2D eigenvalue weighted by Gasteiger charge is 2.29. The van der Waals surface area contributed by atoms with Gasteiger partial charge < -0.3 is 15.0 Å². The third-order valence-corrected chi connectivity index (χ3v) is 4.43. The number of rotatable bonds is 5. The molecule has 0 unspecified atom stereocenters. The third-order valence-electron chi connectivity index (χ3n) is 4.43. The SMILES string of the molecule is COc1ccc(C(=O)N[C@H](C(=O)N2CCCC2)c2ccccc2)cc1. The zero-order valence-corrected chi connectivity index (χ0v) is 14.3. The van der Waals surface area contributed by atoms with Crippen LogP contribution in [0.2, 0.25) is 0 Å². The van der Waals surface area contributed by atoms with Crippen molar-refractivity contribution in [3.05, 3.63) is 65.7 Å². The first kappa shape index (κ1) is 17.0. The molecule has 1 aliphatic heterocycles. The number of hydrogen-bond acceptors (Lipinski definition) is 3. The molecule has 0 saturated carbocycles. The largest absolute Gasteiger partial charge is 0.497 e. The molecule has 0 radical (unpaired) electrons. The van der Waals surface area contributed by atoms with Crippen LogP contribution in [0.15, 0.2) is 54.6 Å². The van der Waals surface area contributed by atoms with Crippen LogP contribution in [0, 0.1) is 0 Å². The Labute approximate surface area is 147 Å². The number of ether oxygens (including phenoxy) is 1. The summed E-state index contributed by atoms with van der Waals surface area (Å²) >= 11 is 0. The first-order valence-corrected chi connectivity index (χ1v) is 8.47. The lowest BCUT2D eigenvalue weighted by atomic mass is 10.0. The van der Waals surface area contributed by atoms with E-state index in [1.54, 1.807) is 31.4 Å². The van der Waals surface area contributed by atoms with Gasteiger partial charge in [-0.25, -0.2) is 0 Å². The van der Waals surface area contributed by atoms with Crippen LogP contribution in [0.25, 0.3) is 0 Å². The van der Waals surface area contributed by atoms with Crippen LogP contribution >= 0.6 is 0 Å². The number of methoxy groups -OCH3 is 1. The first-order valence-electron chi connectivity index (χ1n) is 8.47. The second kappa shape index (κ2) is 7.83. The molecule has 1 aliphatic rings. The summed E-state index contributed by atoms with van der Waals surface area (Å²) in [7, 11) is 1.58. The molecule has 2 aromatic rings. The van der Waals surface area contributed by atoms with Crippen molar-refractivity contribution in [2.24, 2.45) is 0 Å². The standard InChI is InChI=1S/C20H22N2O3/c1-25-17-11-9-16(10-12-17)19(23)21-18(15-7-3-2-4-8-15)20(24)22-13-5-6-14-22/h2-4,7-12,18H,5-6,13-14H2,1H3,(H,21,23)/t18-/m0/s1. The van der Waals surface area contributed by atoms with E-state index in [0.29, 0.717) is 11.3 Å². The highest BCUT2D eigenvalue weighted by molar-refractivity contribution is 5.98. The zero-order chi connectivity index (χ0) is 17.6. The number of likely N-dealkylation sites (tertiary alicyclic amines) is 1. The molecule has 0 aromatic heterocycles. The van der Waals surface area contributed by atoms with Crippen molar-refractivity contribution in [2.75, 3.05) is 20.2 Å². The fourth-order valence-electron chi connectivity index (χ4n) is 3.01. The molecule has 0 aliphatic carbocycles. The van der Waals surface area contributed by atoms with E-state index in [1.165, 1.54) is 0 Å². The van der Waals surface area contributed by atoms with Crippen LogP contribution in [0.1, 0.15) is 34.8 Å². The molecule has 1 atom stereocenters. The summed E-state index contributed by atoms with van der Waals surface area (Å²) in [6, 6.07) is 15.6. The van der Waals surface area contributed by atoms with Crippen LogP contribution in [0.4, 0.5) is 0 Å². The van der Waals surface area contributed by atoms with Gasteiger partial charge in [-0.3, -0.25) is 9.59 Å². The summed E-state index contributed by atoms with van der Waals surface area (Å²) in [6.07, 6.45) is 2.03. The summed E-state index contributed by atoms with van der Waals surface area (Å²) in [5.41, 5.74) is 1.29. The van der Waals surface area contributed by atoms with Gasteiger partial charge in [0.1, 0.15) is 11.8 Å². The third kappa shape index (κ3) is 3.99. The lowest BCUT2D eigenvalue weighted by Crippen LogP contribution is -2.41. The Kier molecular flexibility index (Phi) is 5.33. The Morgan fingerprint density at radius 3 is 2.24 bits per heavy atom. The normalized spacial score (nSPS) is 14.8. The van der Waals surface area contributed by atoms with E-state index >= 15 is 0 Å². The van der Waals surface area contributed by atoms with Crippen LogP contribution in [0.5, 0.6) is 5.75 Å². The van der Waals surface area contributed by atoms with Crippen LogP contribution in [0.3, 0.4) is 0 Å². The molecule has 0 bridgehead atoms. The molecule has 2 amide bonds. The molecule has 2 aromatic carbocycles. The molecular weight excluding hydrogens is 316 g/mol. The molecule has 5 nitrogen and oxygen atoms in total. The summed E-state index contributed by atoms with van der Waals surface area (Å²) in [5.74, 6) is 0.360. The van der Waals surface area contributed by atoms with Gasteiger partial charge >= 0.3 is 0 Å². The van der Waals surface area contributed by atoms with Gasteiger partial charge in [0.05, 0.1) is 7.11 Å². The van der Waals surface area contributed by atoms with Gasteiger partial charge in [-0.1, -0.05) is 30.3 Å². The van der Waals surface area contributed by atoms with Crippen LogP contribution < -0.4 is 10.1 Å². The van der Waals surface area contributed by atoms with E-state index in [9.17, 15) is 9.59 Å². The van der Waals surface area contributed by atoms with Crippen LogP contribution in [-0.4, -0.2) is 36.9 Å². The summed E-state index contributed by atoms with van der Waals surface area (Å²) in [6.45, 7) is 1.50. The molecule has 25 heavy (non-hydrogen) atoms. The predicted octanol–water partition coefficient (Wildman–Crippen LogP) is 2.79. The number of carbonyl (C=O) groups excluding carboxylic acids is 2. The van der Waals surface area contributed by atoms with Gasteiger partial charge in [0.15, 0.2) is 0 Å². The molecule has 1 heterocycles. The fraction of sp³-hybridized carbons (Fsp3) is 0.300. The summed E-state index contributed by atoms with van der Waals surface area (Å²) in [5, 5.41) is 2.89. The molecule has 3 rings (SSSR count). The van der Waals surface area contributed by atoms with Gasteiger partial charge in [0.2, 0.25) is 5.91 Å². The average Bonchev–Trinajstić information content (AvgIpc) is 3.21. The highest BCUT2D eigenvalue weighted by atomic mass is 16.5. The van der Waals surface area contributed by atoms with Crippen molar-refractivity contribution in [1.82, 2.24) is 10.2 Å². The maximum Gasteiger partial charge on any atom is 0.252 e. The average molecular weight is 338 g/mol. The van der Waals surface area contributed by atoms with E-state index in [1.807, 2.05) is 35.2 Å². The fourth-order valence-corrected chi connectivity index (χ4v) is 3.01. The van der Waals surface area contributed by atoms with E-state index in [0.717, 1.165) is 31.5 Å². The highest BCUT2D eigenvalue weighted by Crippen LogP contribution is 2.20.